The zero-order chi connectivity index (χ0) is 19.8. The molecule has 0 spiro atoms. The van der Waals surface area contributed by atoms with Crippen molar-refractivity contribution in [2.45, 2.75) is 12.5 Å². The van der Waals surface area contributed by atoms with Crippen molar-refractivity contribution >= 4 is 50.3 Å². The molecule has 4 rings (SSSR count). The number of carbonyl (C=O) groups is 1. The van der Waals surface area contributed by atoms with Crippen LogP contribution in [0, 0.1) is 5.82 Å². The highest BCUT2D eigenvalue weighted by molar-refractivity contribution is 7.21. The molecule has 28 heavy (non-hydrogen) atoms. The maximum atomic E-state index is 13.4. The van der Waals surface area contributed by atoms with E-state index in [1.54, 1.807) is 6.07 Å². The van der Waals surface area contributed by atoms with Gasteiger partial charge in [-0.25, -0.2) is 4.39 Å². The number of halogens is 2. The van der Waals surface area contributed by atoms with Crippen molar-refractivity contribution in [3.05, 3.63) is 58.2 Å². The molecular formula is C21H21ClFN3OS. The molecular weight excluding hydrogens is 397 g/mol. The van der Waals surface area contributed by atoms with Crippen molar-refractivity contribution in [1.82, 2.24) is 4.90 Å². The molecule has 0 saturated carbocycles. The number of amides is 1. The molecule has 146 valence electrons. The molecule has 1 fully saturated rings. The number of fused-ring (bicyclic) bond motifs is 1. The molecule has 1 aromatic heterocycles. The number of nitrogens with zero attached hydrogens (tertiary/aromatic N) is 2. The van der Waals surface area contributed by atoms with E-state index in [0.717, 1.165) is 25.2 Å². The van der Waals surface area contributed by atoms with Gasteiger partial charge in [0.1, 0.15) is 10.7 Å². The maximum absolute atomic E-state index is 13.4. The third kappa shape index (κ3) is 3.72. The minimum Gasteiger partial charge on any atom is -0.370 e. The number of benzene rings is 2. The Bertz CT molecular complexity index is 1020. The number of thiophene rings is 1. The summed E-state index contributed by atoms with van der Waals surface area (Å²) in [6.45, 7) is 2.04. The molecule has 2 heterocycles. The number of rotatable bonds is 4. The summed E-state index contributed by atoms with van der Waals surface area (Å²) < 4.78 is 14.1. The summed E-state index contributed by atoms with van der Waals surface area (Å²) in [6.07, 6.45) is 1.15. The van der Waals surface area contributed by atoms with Crippen LogP contribution >= 0.6 is 22.9 Å². The van der Waals surface area contributed by atoms with Gasteiger partial charge in [-0.2, -0.15) is 0 Å². The van der Waals surface area contributed by atoms with Gasteiger partial charge in [-0.15, -0.1) is 11.3 Å². The molecule has 1 saturated heterocycles. The molecule has 0 radical (unpaired) electrons. The van der Waals surface area contributed by atoms with Crippen molar-refractivity contribution in [2.24, 2.45) is 0 Å². The summed E-state index contributed by atoms with van der Waals surface area (Å²) in [5, 5.41) is 3.94. The summed E-state index contributed by atoms with van der Waals surface area (Å²) >= 11 is 7.53. The molecule has 1 amide bonds. The number of hydrogen-bond acceptors (Lipinski definition) is 4. The van der Waals surface area contributed by atoms with Gasteiger partial charge in [0.25, 0.3) is 5.91 Å². The van der Waals surface area contributed by atoms with Crippen LogP contribution in [-0.2, 0) is 0 Å². The van der Waals surface area contributed by atoms with E-state index in [9.17, 15) is 9.18 Å². The van der Waals surface area contributed by atoms with Gasteiger partial charge in [0.05, 0.1) is 5.02 Å². The Hall–Kier alpha value is -2.15. The van der Waals surface area contributed by atoms with E-state index < -0.39 is 0 Å². The van der Waals surface area contributed by atoms with Gasteiger partial charge in [-0.3, -0.25) is 4.79 Å². The maximum Gasteiger partial charge on any atom is 0.267 e. The van der Waals surface area contributed by atoms with E-state index >= 15 is 0 Å². The topological polar surface area (TPSA) is 35.6 Å². The quantitative estimate of drug-likeness (QED) is 0.642. The minimum absolute atomic E-state index is 0.284. The minimum atomic E-state index is -0.341. The fraction of sp³-hybridized carbons (Fsp3) is 0.286. The SMILES string of the molecule is CN(C)C1CCN(c2ccc(NC(=O)c3sc4cc(F)ccc4c3Cl)cc2)C1. The number of carbonyl (C=O) groups excluding carboxylic acids is 1. The Morgan fingerprint density at radius 2 is 2.00 bits per heavy atom. The van der Waals surface area contributed by atoms with E-state index in [4.69, 9.17) is 11.6 Å². The summed E-state index contributed by atoms with van der Waals surface area (Å²) in [5.41, 5.74) is 1.86. The van der Waals surface area contributed by atoms with Gasteiger partial charge >= 0.3 is 0 Å². The Kier molecular flexibility index (Phi) is 5.27. The van der Waals surface area contributed by atoms with Crippen LogP contribution < -0.4 is 10.2 Å². The Morgan fingerprint density at radius 1 is 1.25 bits per heavy atom. The molecule has 2 aromatic carbocycles. The zero-order valence-corrected chi connectivity index (χ0v) is 17.3. The molecule has 1 aliphatic heterocycles. The van der Waals surface area contributed by atoms with Crippen molar-refractivity contribution in [2.75, 3.05) is 37.4 Å². The number of anilines is 2. The summed E-state index contributed by atoms with van der Waals surface area (Å²) in [6, 6.07) is 12.8. The van der Waals surface area contributed by atoms with E-state index in [0.29, 0.717) is 31.7 Å². The van der Waals surface area contributed by atoms with Crippen LogP contribution in [0.3, 0.4) is 0 Å². The average Bonchev–Trinajstić information content (AvgIpc) is 3.28. The molecule has 0 bridgehead atoms. The van der Waals surface area contributed by atoms with Crippen LogP contribution in [0.2, 0.25) is 5.02 Å². The van der Waals surface area contributed by atoms with Crippen LogP contribution in [0.1, 0.15) is 16.1 Å². The summed E-state index contributed by atoms with van der Waals surface area (Å²) in [5.74, 6) is -0.625. The first kappa shape index (κ1) is 19.2. The second kappa shape index (κ2) is 7.70. The second-order valence-corrected chi connectivity index (χ2v) is 8.67. The normalized spacial score (nSPS) is 16.9. The van der Waals surface area contributed by atoms with Gasteiger partial charge < -0.3 is 15.1 Å². The van der Waals surface area contributed by atoms with Gasteiger partial charge in [0.15, 0.2) is 0 Å². The molecule has 1 atom stereocenters. The lowest BCUT2D eigenvalue weighted by molar-refractivity contribution is 0.103. The van der Waals surface area contributed by atoms with Crippen LogP contribution in [-0.4, -0.2) is 44.0 Å². The number of likely N-dealkylation sites (N-methyl/N-ethyl adjacent to an activating group) is 1. The molecule has 1 unspecified atom stereocenters. The van der Waals surface area contributed by atoms with E-state index in [-0.39, 0.29) is 11.7 Å². The summed E-state index contributed by atoms with van der Waals surface area (Å²) in [4.78, 5) is 17.7. The predicted octanol–water partition coefficient (Wildman–Crippen LogP) is 5.09. The molecule has 1 N–H and O–H groups in total. The van der Waals surface area contributed by atoms with E-state index in [2.05, 4.69) is 29.2 Å². The van der Waals surface area contributed by atoms with Gasteiger partial charge in [-0.1, -0.05) is 11.6 Å². The van der Waals surface area contributed by atoms with Crippen LogP contribution in [0.4, 0.5) is 15.8 Å². The second-order valence-electron chi connectivity index (χ2n) is 7.24. The summed E-state index contributed by atoms with van der Waals surface area (Å²) in [7, 11) is 4.22. The van der Waals surface area contributed by atoms with Crippen molar-refractivity contribution in [1.29, 1.82) is 0 Å². The smallest absolute Gasteiger partial charge is 0.267 e. The molecule has 3 aromatic rings. The largest absolute Gasteiger partial charge is 0.370 e. The highest BCUT2D eigenvalue weighted by atomic mass is 35.5. The lowest BCUT2D eigenvalue weighted by atomic mass is 10.2. The van der Waals surface area contributed by atoms with E-state index in [1.807, 2.05) is 24.3 Å². The van der Waals surface area contributed by atoms with Gasteiger partial charge in [-0.05, 0) is 63.0 Å². The van der Waals surface area contributed by atoms with E-state index in [1.165, 1.54) is 23.5 Å². The fourth-order valence-electron chi connectivity index (χ4n) is 3.53. The first-order valence-electron chi connectivity index (χ1n) is 9.12. The van der Waals surface area contributed by atoms with Gasteiger partial charge in [0.2, 0.25) is 0 Å². The van der Waals surface area contributed by atoms with Crippen molar-refractivity contribution < 1.29 is 9.18 Å². The van der Waals surface area contributed by atoms with Crippen LogP contribution in [0.5, 0.6) is 0 Å². The molecule has 4 nitrogen and oxygen atoms in total. The monoisotopic (exact) mass is 417 g/mol. The third-order valence-corrected chi connectivity index (χ3v) is 6.84. The van der Waals surface area contributed by atoms with Crippen molar-refractivity contribution in [3.63, 3.8) is 0 Å². The highest BCUT2D eigenvalue weighted by Crippen LogP contribution is 2.36. The molecule has 0 aliphatic carbocycles. The highest BCUT2D eigenvalue weighted by Gasteiger charge is 2.24. The van der Waals surface area contributed by atoms with Crippen LogP contribution in [0.25, 0.3) is 10.1 Å². The number of nitrogens with one attached hydrogen (secondary N) is 1. The lowest BCUT2D eigenvalue weighted by Crippen LogP contribution is -2.31. The average molecular weight is 418 g/mol. The third-order valence-electron chi connectivity index (χ3n) is 5.18. The first-order chi connectivity index (χ1) is 13.4. The zero-order valence-electron chi connectivity index (χ0n) is 15.7. The fourth-order valence-corrected chi connectivity index (χ4v) is 4.96. The Labute approximate surface area is 172 Å². The standard InChI is InChI=1S/C21H21ClFN3OS/c1-25(2)16-9-10-26(12-16)15-6-4-14(5-7-15)24-21(27)20-19(22)17-8-3-13(23)11-18(17)28-20/h3-8,11,16H,9-10,12H2,1-2H3,(H,24,27). The predicted molar refractivity (Wildman–Crippen MR) is 115 cm³/mol. The lowest BCUT2D eigenvalue weighted by Gasteiger charge is -2.22. The molecule has 7 heteroatoms. The first-order valence-corrected chi connectivity index (χ1v) is 10.3. The van der Waals surface area contributed by atoms with Crippen LogP contribution in [0.15, 0.2) is 42.5 Å². The Morgan fingerprint density at radius 3 is 2.68 bits per heavy atom. The Balaban J connectivity index is 1.47. The van der Waals surface area contributed by atoms with Crippen molar-refractivity contribution in [3.8, 4) is 0 Å². The van der Waals surface area contributed by atoms with Gasteiger partial charge in [0, 0.05) is 40.6 Å². The molecule has 1 aliphatic rings. The number of hydrogen-bond donors (Lipinski definition) is 1.